The number of aromatic hydroxyl groups is 1. The fraction of sp³-hybridized carbons (Fsp3) is 0.375. The standard InChI is InChI=1S/C16H20O4/c1-2-20-15(9-10-17)16(19)13-7-8-14(18)12-6-4-3-5-11(12)13/h3-8,15-19H,2,9-10H2,1H3/t15-,16-/m1/s1. The molecule has 4 nitrogen and oxygen atoms in total. The molecule has 108 valence electrons. The van der Waals surface area contributed by atoms with Gasteiger partial charge in [-0.1, -0.05) is 30.3 Å². The lowest BCUT2D eigenvalue weighted by Crippen LogP contribution is -2.24. The molecular weight excluding hydrogens is 256 g/mol. The summed E-state index contributed by atoms with van der Waals surface area (Å²) in [7, 11) is 0. The van der Waals surface area contributed by atoms with E-state index < -0.39 is 12.2 Å². The highest BCUT2D eigenvalue weighted by Crippen LogP contribution is 2.33. The summed E-state index contributed by atoms with van der Waals surface area (Å²) in [4.78, 5) is 0. The molecule has 0 amide bonds. The van der Waals surface area contributed by atoms with Gasteiger partial charge in [0.15, 0.2) is 0 Å². The SMILES string of the molecule is CCO[C@H](CCO)[C@H](O)c1ccc(O)c2ccccc12. The van der Waals surface area contributed by atoms with E-state index in [4.69, 9.17) is 9.84 Å². The van der Waals surface area contributed by atoms with E-state index in [0.29, 0.717) is 24.0 Å². The smallest absolute Gasteiger partial charge is 0.123 e. The number of phenols is 1. The minimum atomic E-state index is -0.840. The molecule has 3 N–H and O–H groups in total. The van der Waals surface area contributed by atoms with Gasteiger partial charge in [-0.15, -0.1) is 0 Å². The van der Waals surface area contributed by atoms with Gasteiger partial charge in [-0.05, 0) is 30.4 Å². The Morgan fingerprint density at radius 1 is 1.10 bits per heavy atom. The molecule has 0 bridgehead atoms. The molecule has 20 heavy (non-hydrogen) atoms. The van der Waals surface area contributed by atoms with Crippen LogP contribution < -0.4 is 0 Å². The summed E-state index contributed by atoms with van der Waals surface area (Å²) in [6.45, 7) is 2.28. The summed E-state index contributed by atoms with van der Waals surface area (Å²) in [6.07, 6.45) is -0.935. The van der Waals surface area contributed by atoms with Crippen molar-refractivity contribution < 1.29 is 20.1 Å². The second-order valence-corrected chi connectivity index (χ2v) is 4.67. The molecule has 0 aromatic heterocycles. The van der Waals surface area contributed by atoms with Crippen molar-refractivity contribution in [3.05, 3.63) is 42.0 Å². The quantitative estimate of drug-likeness (QED) is 0.757. The molecule has 0 saturated heterocycles. The predicted octanol–water partition coefficient (Wildman–Crippen LogP) is 2.37. The van der Waals surface area contributed by atoms with Crippen LogP contribution in [0, 0.1) is 0 Å². The van der Waals surface area contributed by atoms with Gasteiger partial charge >= 0.3 is 0 Å². The minimum Gasteiger partial charge on any atom is -0.507 e. The number of fused-ring (bicyclic) bond motifs is 1. The zero-order valence-electron chi connectivity index (χ0n) is 11.5. The Morgan fingerprint density at radius 3 is 2.45 bits per heavy atom. The summed E-state index contributed by atoms with van der Waals surface area (Å²) >= 11 is 0. The average Bonchev–Trinajstić information content (AvgIpc) is 2.47. The average molecular weight is 276 g/mol. The van der Waals surface area contributed by atoms with Gasteiger partial charge in [0, 0.05) is 18.6 Å². The number of aliphatic hydroxyl groups excluding tert-OH is 2. The number of hydrogen-bond donors (Lipinski definition) is 3. The molecule has 2 atom stereocenters. The third kappa shape index (κ3) is 2.93. The highest BCUT2D eigenvalue weighted by Gasteiger charge is 2.23. The van der Waals surface area contributed by atoms with E-state index in [1.54, 1.807) is 12.1 Å². The van der Waals surface area contributed by atoms with E-state index in [-0.39, 0.29) is 12.4 Å². The Morgan fingerprint density at radius 2 is 1.80 bits per heavy atom. The van der Waals surface area contributed by atoms with Crippen molar-refractivity contribution in [2.45, 2.75) is 25.6 Å². The van der Waals surface area contributed by atoms with E-state index >= 15 is 0 Å². The van der Waals surface area contributed by atoms with Crippen molar-refractivity contribution in [2.24, 2.45) is 0 Å². The summed E-state index contributed by atoms with van der Waals surface area (Å²) in [5, 5.41) is 31.0. The van der Waals surface area contributed by atoms with E-state index in [1.165, 1.54) is 0 Å². The molecule has 0 spiro atoms. The lowest BCUT2D eigenvalue weighted by atomic mass is 9.95. The molecule has 0 fully saturated rings. The molecule has 2 aromatic carbocycles. The summed E-state index contributed by atoms with van der Waals surface area (Å²) in [5.74, 6) is 0.187. The number of aliphatic hydroxyl groups is 2. The molecule has 2 aromatic rings. The minimum absolute atomic E-state index is 0.0439. The van der Waals surface area contributed by atoms with Crippen LogP contribution in [0.5, 0.6) is 5.75 Å². The van der Waals surface area contributed by atoms with Gasteiger partial charge in [-0.25, -0.2) is 0 Å². The van der Waals surface area contributed by atoms with Gasteiger partial charge in [-0.3, -0.25) is 0 Å². The summed E-state index contributed by atoms with van der Waals surface area (Å²) < 4.78 is 5.51. The molecular formula is C16H20O4. The first kappa shape index (κ1) is 14.8. The molecule has 0 radical (unpaired) electrons. The van der Waals surface area contributed by atoms with Crippen LogP contribution in [0.25, 0.3) is 10.8 Å². The molecule has 0 aliphatic rings. The second-order valence-electron chi connectivity index (χ2n) is 4.67. The molecule has 0 aliphatic heterocycles. The highest BCUT2D eigenvalue weighted by atomic mass is 16.5. The second kappa shape index (κ2) is 6.70. The van der Waals surface area contributed by atoms with Crippen LogP contribution in [-0.2, 0) is 4.74 Å². The Balaban J connectivity index is 2.43. The molecule has 0 aliphatic carbocycles. The van der Waals surface area contributed by atoms with E-state index in [0.717, 1.165) is 5.39 Å². The van der Waals surface area contributed by atoms with Crippen molar-refractivity contribution in [3.8, 4) is 5.75 Å². The lowest BCUT2D eigenvalue weighted by molar-refractivity contribution is -0.0442. The van der Waals surface area contributed by atoms with Crippen LogP contribution in [0.4, 0.5) is 0 Å². The molecule has 0 saturated carbocycles. The van der Waals surface area contributed by atoms with Crippen LogP contribution in [0.2, 0.25) is 0 Å². The first-order valence-electron chi connectivity index (χ1n) is 6.80. The van der Waals surface area contributed by atoms with E-state index in [1.807, 2.05) is 31.2 Å². The van der Waals surface area contributed by atoms with Crippen molar-refractivity contribution in [2.75, 3.05) is 13.2 Å². The lowest BCUT2D eigenvalue weighted by Gasteiger charge is -2.23. The van der Waals surface area contributed by atoms with Gasteiger partial charge in [0.05, 0.1) is 6.10 Å². The topological polar surface area (TPSA) is 69.9 Å². The Hall–Kier alpha value is -1.62. The van der Waals surface area contributed by atoms with Crippen LogP contribution in [0.15, 0.2) is 36.4 Å². The maximum absolute atomic E-state index is 10.5. The first-order valence-corrected chi connectivity index (χ1v) is 6.80. The van der Waals surface area contributed by atoms with Gasteiger partial charge in [0.25, 0.3) is 0 Å². The van der Waals surface area contributed by atoms with E-state index in [2.05, 4.69) is 0 Å². The third-order valence-corrected chi connectivity index (χ3v) is 3.40. The van der Waals surface area contributed by atoms with Gasteiger partial charge in [-0.2, -0.15) is 0 Å². The van der Waals surface area contributed by atoms with Crippen LogP contribution in [0.1, 0.15) is 25.0 Å². The summed E-state index contributed by atoms with van der Waals surface area (Å²) in [5.41, 5.74) is 0.699. The number of hydrogen-bond acceptors (Lipinski definition) is 4. The third-order valence-electron chi connectivity index (χ3n) is 3.40. The largest absolute Gasteiger partial charge is 0.507 e. The fourth-order valence-corrected chi connectivity index (χ4v) is 2.44. The van der Waals surface area contributed by atoms with E-state index in [9.17, 15) is 10.2 Å². The predicted molar refractivity (Wildman–Crippen MR) is 77.7 cm³/mol. The van der Waals surface area contributed by atoms with Gasteiger partial charge < -0.3 is 20.1 Å². The van der Waals surface area contributed by atoms with Gasteiger partial charge in [0.1, 0.15) is 11.9 Å². The zero-order valence-corrected chi connectivity index (χ0v) is 11.5. The van der Waals surface area contributed by atoms with Gasteiger partial charge in [0.2, 0.25) is 0 Å². The number of rotatable bonds is 6. The molecule has 2 rings (SSSR count). The maximum Gasteiger partial charge on any atom is 0.123 e. The highest BCUT2D eigenvalue weighted by molar-refractivity contribution is 5.91. The molecule has 0 unspecified atom stereocenters. The van der Waals surface area contributed by atoms with Crippen molar-refractivity contribution in [3.63, 3.8) is 0 Å². The Labute approximate surface area is 118 Å². The molecule has 4 heteroatoms. The Kier molecular flexibility index (Phi) is 4.95. The normalized spacial score (nSPS) is 14.3. The number of ether oxygens (including phenoxy) is 1. The fourth-order valence-electron chi connectivity index (χ4n) is 2.44. The van der Waals surface area contributed by atoms with Crippen LogP contribution >= 0.6 is 0 Å². The van der Waals surface area contributed by atoms with Crippen molar-refractivity contribution in [1.29, 1.82) is 0 Å². The van der Waals surface area contributed by atoms with Crippen molar-refractivity contribution >= 4 is 10.8 Å². The Bertz CT molecular complexity index is 561. The number of benzene rings is 2. The summed E-state index contributed by atoms with van der Waals surface area (Å²) in [6, 6.07) is 10.6. The first-order chi connectivity index (χ1) is 9.69. The monoisotopic (exact) mass is 276 g/mol. The number of phenolic OH excluding ortho intramolecular Hbond substituents is 1. The van der Waals surface area contributed by atoms with Crippen molar-refractivity contribution in [1.82, 2.24) is 0 Å². The zero-order chi connectivity index (χ0) is 14.5. The molecule has 0 heterocycles. The maximum atomic E-state index is 10.5. The van der Waals surface area contributed by atoms with Crippen LogP contribution in [-0.4, -0.2) is 34.6 Å². The van der Waals surface area contributed by atoms with Crippen LogP contribution in [0.3, 0.4) is 0 Å².